The van der Waals surface area contributed by atoms with Crippen LogP contribution in [0, 0.1) is 11.7 Å². The van der Waals surface area contributed by atoms with Crippen LogP contribution < -0.4 is 10.2 Å². The lowest BCUT2D eigenvalue weighted by Crippen LogP contribution is -2.33. The number of benzene rings is 1. The summed E-state index contributed by atoms with van der Waals surface area (Å²) in [6.07, 6.45) is 3.27. The van der Waals surface area contributed by atoms with E-state index >= 15 is 0 Å². The van der Waals surface area contributed by atoms with E-state index in [0.29, 0.717) is 0 Å². The molecule has 0 unspecified atom stereocenters. The predicted octanol–water partition coefficient (Wildman–Crippen LogP) is 3.75. The van der Waals surface area contributed by atoms with Gasteiger partial charge in [0, 0.05) is 32.8 Å². The zero-order valence-electron chi connectivity index (χ0n) is 14.1. The summed E-state index contributed by atoms with van der Waals surface area (Å²) in [5.74, 6) is 0.660. The van der Waals surface area contributed by atoms with Gasteiger partial charge < -0.3 is 15.0 Å². The number of anilines is 1. The zero-order valence-corrected chi connectivity index (χ0v) is 14.1. The van der Waals surface area contributed by atoms with Gasteiger partial charge in [0.1, 0.15) is 5.82 Å². The number of ether oxygens (including phenoxy) is 1. The fourth-order valence-electron chi connectivity index (χ4n) is 2.95. The standard InChI is InChI=1S/C18H29FN2O/c1-14-7-10-21(11-8-14)18-6-5-16(13-17(18)19)15(2)20-9-4-12-22-3/h5-6,13-15,20H,4,7-12H2,1-3H3/t15-/m1/s1. The summed E-state index contributed by atoms with van der Waals surface area (Å²) >= 11 is 0. The van der Waals surface area contributed by atoms with Crippen molar-refractivity contribution in [2.45, 2.75) is 39.2 Å². The van der Waals surface area contributed by atoms with Gasteiger partial charge in [-0.25, -0.2) is 4.39 Å². The SMILES string of the molecule is COCCCN[C@H](C)c1ccc(N2CCC(C)CC2)c(F)c1. The van der Waals surface area contributed by atoms with Crippen molar-refractivity contribution in [3.63, 3.8) is 0 Å². The van der Waals surface area contributed by atoms with Crippen molar-refractivity contribution in [3.05, 3.63) is 29.6 Å². The summed E-state index contributed by atoms with van der Waals surface area (Å²) in [7, 11) is 1.71. The molecule has 1 atom stereocenters. The van der Waals surface area contributed by atoms with Crippen molar-refractivity contribution in [2.24, 2.45) is 5.92 Å². The molecule has 1 N–H and O–H groups in total. The quantitative estimate of drug-likeness (QED) is 0.776. The molecule has 3 nitrogen and oxygen atoms in total. The maximum atomic E-state index is 14.4. The molecular weight excluding hydrogens is 279 g/mol. The first-order chi connectivity index (χ1) is 10.6. The zero-order chi connectivity index (χ0) is 15.9. The molecular formula is C18H29FN2O. The highest BCUT2D eigenvalue weighted by atomic mass is 19.1. The largest absolute Gasteiger partial charge is 0.385 e. The molecule has 1 heterocycles. The maximum absolute atomic E-state index is 14.4. The monoisotopic (exact) mass is 308 g/mol. The average molecular weight is 308 g/mol. The number of hydrogen-bond donors (Lipinski definition) is 1. The molecule has 1 aromatic carbocycles. The number of methoxy groups -OCH3 is 1. The van der Waals surface area contributed by atoms with Crippen LogP contribution in [0.2, 0.25) is 0 Å². The van der Waals surface area contributed by atoms with E-state index in [1.165, 1.54) is 0 Å². The maximum Gasteiger partial charge on any atom is 0.146 e. The van der Waals surface area contributed by atoms with Gasteiger partial charge in [-0.05, 0) is 56.3 Å². The molecule has 1 aliphatic heterocycles. The van der Waals surface area contributed by atoms with E-state index in [4.69, 9.17) is 4.74 Å². The molecule has 1 saturated heterocycles. The summed E-state index contributed by atoms with van der Waals surface area (Å²) in [6, 6.07) is 5.82. The number of hydrogen-bond acceptors (Lipinski definition) is 3. The minimum absolute atomic E-state index is 0.0994. The minimum atomic E-state index is -0.0994. The third kappa shape index (κ3) is 4.68. The Bertz CT molecular complexity index is 458. The van der Waals surface area contributed by atoms with Crippen molar-refractivity contribution in [3.8, 4) is 0 Å². The van der Waals surface area contributed by atoms with E-state index in [9.17, 15) is 4.39 Å². The smallest absolute Gasteiger partial charge is 0.146 e. The van der Waals surface area contributed by atoms with E-state index in [1.54, 1.807) is 13.2 Å². The number of piperidine rings is 1. The molecule has 0 bridgehead atoms. The summed E-state index contributed by atoms with van der Waals surface area (Å²) in [5, 5.41) is 3.41. The van der Waals surface area contributed by atoms with Gasteiger partial charge in [-0.15, -0.1) is 0 Å². The predicted molar refractivity (Wildman–Crippen MR) is 89.9 cm³/mol. The van der Waals surface area contributed by atoms with Gasteiger partial charge in [-0.3, -0.25) is 0 Å². The van der Waals surface area contributed by atoms with Gasteiger partial charge >= 0.3 is 0 Å². The Morgan fingerprint density at radius 1 is 1.36 bits per heavy atom. The molecule has 0 aromatic heterocycles. The number of nitrogens with one attached hydrogen (secondary N) is 1. The Labute approximate surface area is 133 Å². The molecule has 0 amide bonds. The van der Waals surface area contributed by atoms with Crippen LogP contribution in [0.25, 0.3) is 0 Å². The van der Waals surface area contributed by atoms with Crippen LogP contribution in [0.15, 0.2) is 18.2 Å². The topological polar surface area (TPSA) is 24.5 Å². The van der Waals surface area contributed by atoms with Crippen LogP contribution in [0.1, 0.15) is 44.7 Å². The van der Waals surface area contributed by atoms with Crippen LogP contribution >= 0.6 is 0 Å². The van der Waals surface area contributed by atoms with Crippen LogP contribution in [-0.2, 0) is 4.74 Å². The molecule has 0 saturated carbocycles. The second kappa shape index (κ2) is 8.49. The van der Waals surface area contributed by atoms with Crippen LogP contribution in [-0.4, -0.2) is 33.4 Å². The van der Waals surface area contributed by atoms with Gasteiger partial charge in [0.25, 0.3) is 0 Å². The third-order valence-corrected chi connectivity index (χ3v) is 4.57. The Kier molecular flexibility index (Phi) is 6.65. The second-order valence-electron chi connectivity index (χ2n) is 6.40. The number of halogens is 1. The van der Waals surface area contributed by atoms with Gasteiger partial charge in [0.2, 0.25) is 0 Å². The van der Waals surface area contributed by atoms with Crippen LogP contribution in [0.5, 0.6) is 0 Å². The summed E-state index contributed by atoms with van der Waals surface area (Å²) in [5.41, 5.74) is 1.76. The van der Waals surface area contributed by atoms with Crippen molar-refractivity contribution in [1.29, 1.82) is 0 Å². The van der Waals surface area contributed by atoms with E-state index in [0.717, 1.165) is 62.7 Å². The summed E-state index contributed by atoms with van der Waals surface area (Å²) in [6.45, 7) is 7.89. The molecule has 1 aromatic rings. The van der Waals surface area contributed by atoms with Crippen molar-refractivity contribution >= 4 is 5.69 Å². The molecule has 1 fully saturated rings. The van der Waals surface area contributed by atoms with Gasteiger partial charge in [-0.1, -0.05) is 13.0 Å². The molecule has 0 aliphatic carbocycles. The Morgan fingerprint density at radius 3 is 2.73 bits per heavy atom. The van der Waals surface area contributed by atoms with Crippen molar-refractivity contribution < 1.29 is 9.13 Å². The van der Waals surface area contributed by atoms with Crippen molar-refractivity contribution in [1.82, 2.24) is 5.32 Å². The molecule has 22 heavy (non-hydrogen) atoms. The van der Waals surface area contributed by atoms with E-state index in [2.05, 4.69) is 24.1 Å². The first kappa shape index (κ1) is 17.2. The van der Waals surface area contributed by atoms with Crippen LogP contribution in [0.4, 0.5) is 10.1 Å². The highest BCUT2D eigenvalue weighted by molar-refractivity contribution is 5.50. The van der Waals surface area contributed by atoms with Crippen molar-refractivity contribution in [2.75, 3.05) is 38.3 Å². The first-order valence-electron chi connectivity index (χ1n) is 8.38. The van der Waals surface area contributed by atoms with Gasteiger partial charge in [-0.2, -0.15) is 0 Å². The Hall–Kier alpha value is -1.13. The van der Waals surface area contributed by atoms with Gasteiger partial charge in [0.05, 0.1) is 5.69 Å². The molecule has 2 rings (SSSR count). The lowest BCUT2D eigenvalue weighted by molar-refractivity contribution is 0.193. The molecule has 4 heteroatoms. The number of nitrogens with zero attached hydrogens (tertiary/aromatic N) is 1. The summed E-state index contributed by atoms with van der Waals surface area (Å²) < 4.78 is 19.5. The minimum Gasteiger partial charge on any atom is -0.385 e. The van der Waals surface area contributed by atoms with E-state index < -0.39 is 0 Å². The fourth-order valence-corrected chi connectivity index (χ4v) is 2.95. The lowest BCUT2D eigenvalue weighted by atomic mass is 9.98. The first-order valence-corrected chi connectivity index (χ1v) is 8.38. The normalized spacial score (nSPS) is 17.7. The fraction of sp³-hybridized carbons (Fsp3) is 0.667. The molecule has 0 spiro atoms. The second-order valence-corrected chi connectivity index (χ2v) is 6.40. The Morgan fingerprint density at radius 2 is 2.09 bits per heavy atom. The van der Waals surface area contributed by atoms with Crippen LogP contribution in [0.3, 0.4) is 0 Å². The highest BCUT2D eigenvalue weighted by Gasteiger charge is 2.19. The lowest BCUT2D eigenvalue weighted by Gasteiger charge is -2.32. The third-order valence-electron chi connectivity index (χ3n) is 4.57. The van der Waals surface area contributed by atoms with Gasteiger partial charge in [0.15, 0.2) is 0 Å². The molecule has 124 valence electrons. The molecule has 0 radical (unpaired) electrons. The highest BCUT2D eigenvalue weighted by Crippen LogP contribution is 2.27. The van der Waals surface area contributed by atoms with E-state index in [-0.39, 0.29) is 11.9 Å². The average Bonchev–Trinajstić information content (AvgIpc) is 2.52. The Balaban J connectivity index is 1.94. The number of rotatable bonds is 7. The molecule has 1 aliphatic rings. The summed E-state index contributed by atoms with van der Waals surface area (Å²) in [4.78, 5) is 2.18. The van der Waals surface area contributed by atoms with E-state index in [1.807, 2.05) is 12.1 Å².